The fraction of sp³-hybridized carbons (Fsp3) is 0.438. The highest BCUT2D eigenvalue weighted by molar-refractivity contribution is 5.81. The second-order valence-electron chi connectivity index (χ2n) is 13.3. The van der Waals surface area contributed by atoms with Crippen molar-refractivity contribution < 1.29 is 33.3 Å². The summed E-state index contributed by atoms with van der Waals surface area (Å²) in [6.07, 6.45) is -0.112. The number of aromatic amines is 1. The third-order valence-electron chi connectivity index (χ3n) is 6.91. The first kappa shape index (κ1) is 38.6. The molecule has 1 atom stereocenters. The number of hydrogen-bond donors (Lipinski definition) is 4. The Bertz CT molecular complexity index is 1800. The molecular formula is C32H41FN8O9. The van der Waals surface area contributed by atoms with Crippen molar-refractivity contribution in [1.82, 2.24) is 9.97 Å². The van der Waals surface area contributed by atoms with Gasteiger partial charge >= 0.3 is 23.3 Å². The summed E-state index contributed by atoms with van der Waals surface area (Å²) in [5, 5.41) is 26.4. The number of nitrogens with zero attached hydrogens (tertiary/aromatic N) is 4. The standard InChI is InChI=1S/C32H41FN8O9/c1-31(2,3)49-24(42)14-11-21(29(44)50-32(4,5)6)36-19-9-7-18(8-10-19)17-39(16-15-20-27(34)37-30(35)38-28(20)43)23-13-12-22(40(45)46)25(33)26(23)41(47)48/h7-10,12-13,21,36H,11,14-17H2,1-6H3,(H5,34,35,37,38,43). The molecule has 18 heteroatoms. The minimum Gasteiger partial charge on any atom is -0.460 e. The van der Waals surface area contributed by atoms with E-state index in [1.165, 1.54) is 4.90 Å². The Morgan fingerprint density at radius 3 is 2.16 bits per heavy atom. The van der Waals surface area contributed by atoms with E-state index in [0.717, 1.165) is 12.1 Å². The van der Waals surface area contributed by atoms with Gasteiger partial charge in [0.15, 0.2) is 0 Å². The Balaban J connectivity index is 1.93. The molecule has 6 N–H and O–H groups in total. The number of ether oxygens (including phenoxy) is 2. The molecule has 0 aliphatic carbocycles. The van der Waals surface area contributed by atoms with Crippen LogP contribution in [0, 0.1) is 26.0 Å². The topological polar surface area (TPSA) is 252 Å². The molecule has 1 heterocycles. The lowest BCUT2D eigenvalue weighted by Gasteiger charge is -2.26. The number of benzene rings is 2. The Morgan fingerprint density at radius 2 is 1.62 bits per heavy atom. The van der Waals surface area contributed by atoms with Crippen molar-refractivity contribution in [2.24, 2.45) is 0 Å². The fourth-order valence-corrected chi connectivity index (χ4v) is 4.82. The maximum Gasteiger partial charge on any atom is 0.335 e. The Labute approximate surface area is 286 Å². The summed E-state index contributed by atoms with van der Waals surface area (Å²) >= 11 is 0. The summed E-state index contributed by atoms with van der Waals surface area (Å²) in [5.74, 6) is -3.09. The normalized spacial score (nSPS) is 12.1. The molecule has 1 unspecified atom stereocenters. The highest BCUT2D eigenvalue weighted by atomic mass is 19.1. The zero-order valence-electron chi connectivity index (χ0n) is 28.6. The lowest BCUT2D eigenvalue weighted by Crippen LogP contribution is -2.37. The third-order valence-corrected chi connectivity index (χ3v) is 6.91. The lowest BCUT2D eigenvalue weighted by atomic mass is 10.1. The lowest BCUT2D eigenvalue weighted by molar-refractivity contribution is -0.398. The molecule has 270 valence electrons. The van der Waals surface area contributed by atoms with Crippen molar-refractivity contribution in [1.29, 1.82) is 0 Å². The van der Waals surface area contributed by atoms with Crippen LogP contribution in [0.25, 0.3) is 0 Å². The number of halogens is 1. The van der Waals surface area contributed by atoms with Gasteiger partial charge in [0.2, 0.25) is 5.95 Å². The number of hydrogen-bond acceptors (Lipinski definition) is 14. The van der Waals surface area contributed by atoms with Crippen LogP contribution < -0.4 is 27.2 Å². The van der Waals surface area contributed by atoms with E-state index in [-0.39, 0.29) is 55.4 Å². The van der Waals surface area contributed by atoms with Gasteiger partial charge in [-0.3, -0.25) is 34.8 Å². The Kier molecular flexibility index (Phi) is 12.1. The smallest absolute Gasteiger partial charge is 0.335 e. The van der Waals surface area contributed by atoms with Gasteiger partial charge in [-0.1, -0.05) is 12.1 Å². The zero-order chi connectivity index (χ0) is 37.6. The molecule has 0 saturated heterocycles. The Morgan fingerprint density at radius 1 is 1.00 bits per heavy atom. The number of esters is 2. The van der Waals surface area contributed by atoms with Gasteiger partial charge in [0.25, 0.3) is 11.4 Å². The number of aromatic nitrogens is 2. The summed E-state index contributed by atoms with van der Waals surface area (Å²) in [6, 6.07) is 7.46. The van der Waals surface area contributed by atoms with Gasteiger partial charge in [0.05, 0.1) is 15.4 Å². The molecule has 2 aromatic carbocycles. The van der Waals surface area contributed by atoms with E-state index in [2.05, 4.69) is 15.3 Å². The number of carbonyl (C=O) groups is 2. The van der Waals surface area contributed by atoms with Crippen molar-refractivity contribution in [3.8, 4) is 0 Å². The molecule has 0 bridgehead atoms. The molecule has 0 aliphatic rings. The van der Waals surface area contributed by atoms with Crippen molar-refractivity contribution >= 4 is 46.5 Å². The maximum atomic E-state index is 15.1. The summed E-state index contributed by atoms with van der Waals surface area (Å²) in [7, 11) is 0. The minimum absolute atomic E-state index is 0.0216. The van der Waals surface area contributed by atoms with E-state index in [0.29, 0.717) is 11.3 Å². The second-order valence-corrected chi connectivity index (χ2v) is 13.3. The first-order valence-electron chi connectivity index (χ1n) is 15.5. The van der Waals surface area contributed by atoms with Gasteiger partial charge in [0, 0.05) is 31.3 Å². The fourth-order valence-electron chi connectivity index (χ4n) is 4.82. The van der Waals surface area contributed by atoms with Crippen LogP contribution in [0.15, 0.2) is 41.2 Å². The number of H-pyrrole nitrogens is 1. The molecule has 1 aromatic heterocycles. The number of nitrogen functional groups attached to an aromatic ring is 2. The molecule has 0 saturated carbocycles. The van der Waals surface area contributed by atoms with Gasteiger partial charge in [-0.2, -0.15) is 9.37 Å². The summed E-state index contributed by atoms with van der Waals surface area (Å²) in [6.45, 7) is 10.1. The quantitative estimate of drug-likeness (QED) is 0.103. The van der Waals surface area contributed by atoms with Crippen LogP contribution in [0.5, 0.6) is 0 Å². The molecule has 0 fully saturated rings. The molecule has 50 heavy (non-hydrogen) atoms. The molecule has 3 rings (SSSR count). The van der Waals surface area contributed by atoms with E-state index in [4.69, 9.17) is 20.9 Å². The van der Waals surface area contributed by atoms with E-state index >= 15 is 4.39 Å². The van der Waals surface area contributed by atoms with Crippen LogP contribution in [-0.4, -0.2) is 55.5 Å². The highest BCUT2D eigenvalue weighted by Gasteiger charge is 2.32. The van der Waals surface area contributed by atoms with Crippen LogP contribution in [0.1, 0.15) is 65.5 Å². The second kappa shape index (κ2) is 15.6. The van der Waals surface area contributed by atoms with Gasteiger partial charge in [-0.25, -0.2) is 4.79 Å². The van der Waals surface area contributed by atoms with E-state index in [1.807, 2.05) is 0 Å². The van der Waals surface area contributed by atoms with Gasteiger partial charge in [-0.15, -0.1) is 0 Å². The van der Waals surface area contributed by atoms with E-state index in [1.54, 1.807) is 65.8 Å². The van der Waals surface area contributed by atoms with Crippen LogP contribution in [0.2, 0.25) is 0 Å². The van der Waals surface area contributed by atoms with Gasteiger partial charge < -0.3 is 31.2 Å². The molecule has 3 aromatic rings. The molecule has 0 spiro atoms. The highest BCUT2D eigenvalue weighted by Crippen LogP contribution is 2.37. The summed E-state index contributed by atoms with van der Waals surface area (Å²) < 4.78 is 26.0. The van der Waals surface area contributed by atoms with Gasteiger partial charge in [-0.05, 0) is 78.1 Å². The third kappa shape index (κ3) is 10.9. The van der Waals surface area contributed by atoms with Crippen molar-refractivity contribution in [3.05, 3.63) is 83.9 Å². The van der Waals surface area contributed by atoms with Gasteiger partial charge in [0.1, 0.15) is 28.7 Å². The number of nitro benzene ring substituents is 2. The zero-order valence-corrected chi connectivity index (χ0v) is 28.6. The first-order chi connectivity index (χ1) is 23.1. The monoisotopic (exact) mass is 700 g/mol. The maximum absolute atomic E-state index is 15.1. The first-order valence-corrected chi connectivity index (χ1v) is 15.5. The van der Waals surface area contributed by atoms with Crippen LogP contribution in [0.3, 0.4) is 0 Å². The minimum atomic E-state index is -1.63. The van der Waals surface area contributed by atoms with Crippen LogP contribution in [0.4, 0.5) is 38.9 Å². The van der Waals surface area contributed by atoms with Crippen LogP contribution in [-0.2, 0) is 32.0 Å². The summed E-state index contributed by atoms with van der Waals surface area (Å²) in [5.41, 5.74) is 7.85. The van der Waals surface area contributed by atoms with Crippen LogP contribution >= 0.6 is 0 Å². The molecule has 0 amide bonds. The average molecular weight is 701 g/mol. The van der Waals surface area contributed by atoms with Crippen molar-refractivity contribution in [2.45, 2.75) is 84.6 Å². The number of rotatable bonds is 14. The summed E-state index contributed by atoms with van der Waals surface area (Å²) in [4.78, 5) is 66.7. The number of carbonyl (C=O) groups excluding carboxylic acids is 2. The number of nitro groups is 2. The average Bonchev–Trinajstić information content (AvgIpc) is 2.96. The molecule has 0 radical (unpaired) electrons. The van der Waals surface area contributed by atoms with E-state index in [9.17, 15) is 34.6 Å². The predicted molar refractivity (Wildman–Crippen MR) is 183 cm³/mol. The number of nitrogens with two attached hydrogens (primary N) is 2. The Hall–Kier alpha value is -5.81. The predicted octanol–water partition coefficient (Wildman–Crippen LogP) is 4.38. The van der Waals surface area contributed by atoms with E-state index < -0.39 is 61.8 Å². The molecule has 17 nitrogen and oxygen atoms in total. The number of anilines is 4. The molecular weight excluding hydrogens is 659 g/mol. The number of nitrogens with one attached hydrogen (secondary N) is 2. The largest absolute Gasteiger partial charge is 0.460 e. The molecule has 0 aliphatic heterocycles. The SMILES string of the molecule is CC(C)(C)OC(=O)CCC(Nc1ccc(CN(CCc2c(N)nc(N)[nH]c2=O)c2ccc([N+](=O)[O-])c(F)c2[N+](=O)[O-])cc1)C(=O)OC(C)(C)C. The van der Waals surface area contributed by atoms with Crippen molar-refractivity contribution in [2.75, 3.05) is 28.2 Å². The van der Waals surface area contributed by atoms with Crippen molar-refractivity contribution in [3.63, 3.8) is 0 Å².